The molecule has 0 heterocycles. The molecule has 0 saturated carbocycles. The first-order chi connectivity index (χ1) is 9.10. The van der Waals surface area contributed by atoms with E-state index in [2.05, 4.69) is 42.6 Å². The Hall–Kier alpha value is -1.87. The Morgan fingerprint density at radius 2 is 1.89 bits per heavy atom. The van der Waals surface area contributed by atoms with Crippen molar-refractivity contribution in [3.63, 3.8) is 0 Å². The van der Waals surface area contributed by atoms with Crippen LogP contribution < -0.4 is 11.1 Å². The number of anilines is 2. The number of hydrogen-bond donors (Lipinski definition) is 2. The SMILES string of the molecule is CCc1cccc(Nc2ccc(C(N)=S)c(C)c2)c1. The summed E-state index contributed by atoms with van der Waals surface area (Å²) in [6.07, 6.45) is 1.04. The number of nitrogens with one attached hydrogen (secondary N) is 1. The van der Waals surface area contributed by atoms with Crippen molar-refractivity contribution in [2.75, 3.05) is 5.32 Å². The van der Waals surface area contributed by atoms with Crippen molar-refractivity contribution in [1.82, 2.24) is 0 Å². The van der Waals surface area contributed by atoms with Crippen LogP contribution in [0.25, 0.3) is 0 Å². The highest BCUT2D eigenvalue weighted by Gasteiger charge is 2.03. The predicted molar refractivity (Wildman–Crippen MR) is 86.2 cm³/mol. The maximum atomic E-state index is 5.67. The molecule has 0 radical (unpaired) electrons. The molecule has 3 heteroatoms. The van der Waals surface area contributed by atoms with Crippen LogP contribution in [0.4, 0.5) is 11.4 Å². The molecule has 2 nitrogen and oxygen atoms in total. The Bertz CT molecular complexity index is 605. The number of hydrogen-bond acceptors (Lipinski definition) is 2. The second kappa shape index (κ2) is 5.85. The summed E-state index contributed by atoms with van der Waals surface area (Å²) in [4.78, 5) is 0.442. The van der Waals surface area contributed by atoms with Gasteiger partial charge >= 0.3 is 0 Å². The second-order valence-electron chi connectivity index (χ2n) is 4.57. The third-order valence-electron chi connectivity index (χ3n) is 3.12. The molecule has 0 saturated heterocycles. The van der Waals surface area contributed by atoms with Crippen LogP contribution in [0, 0.1) is 6.92 Å². The number of benzene rings is 2. The fourth-order valence-corrected chi connectivity index (χ4v) is 2.28. The first kappa shape index (κ1) is 13.6. The zero-order valence-corrected chi connectivity index (χ0v) is 12.1. The fraction of sp³-hybridized carbons (Fsp3) is 0.188. The number of rotatable bonds is 4. The van der Waals surface area contributed by atoms with Crippen LogP contribution in [-0.4, -0.2) is 4.99 Å². The zero-order valence-electron chi connectivity index (χ0n) is 11.2. The van der Waals surface area contributed by atoms with Crippen molar-refractivity contribution in [3.8, 4) is 0 Å². The van der Waals surface area contributed by atoms with Crippen molar-refractivity contribution in [3.05, 3.63) is 59.2 Å². The number of thiocarbonyl (C=S) groups is 1. The van der Waals surface area contributed by atoms with E-state index in [0.29, 0.717) is 4.99 Å². The average Bonchev–Trinajstić information content (AvgIpc) is 2.38. The lowest BCUT2D eigenvalue weighted by molar-refractivity contribution is 1.14. The minimum atomic E-state index is 0.442. The molecule has 0 atom stereocenters. The van der Waals surface area contributed by atoms with Gasteiger partial charge in [0.2, 0.25) is 0 Å². The summed E-state index contributed by atoms with van der Waals surface area (Å²) in [6, 6.07) is 14.5. The average molecular weight is 270 g/mol. The van der Waals surface area contributed by atoms with Gasteiger partial charge in [-0.05, 0) is 54.8 Å². The molecule has 19 heavy (non-hydrogen) atoms. The Labute approximate surface area is 119 Å². The third-order valence-corrected chi connectivity index (χ3v) is 3.34. The van der Waals surface area contributed by atoms with Gasteiger partial charge in [0.25, 0.3) is 0 Å². The zero-order chi connectivity index (χ0) is 13.8. The number of nitrogens with two attached hydrogens (primary N) is 1. The van der Waals surface area contributed by atoms with Crippen molar-refractivity contribution in [2.45, 2.75) is 20.3 Å². The Balaban J connectivity index is 2.23. The van der Waals surface area contributed by atoms with Crippen molar-refractivity contribution >= 4 is 28.6 Å². The van der Waals surface area contributed by atoms with E-state index in [-0.39, 0.29) is 0 Å². The molecule has 0 aliphatic rings. The lowest BCUT2D eigenvalue weighted by Gasteiger charge is -2.10. The molecule has 2 aromatic carbocycles. The minimum Gasteiger partial charge on any atom is -0.389 e. The summed E-state index contributed by atoms with van der Waals surface area (Å²) in [5.41, 5.74) is 11.2. The number of aryl methyl sites for hydroxylation is 2. The third kappa shape index (κ3) is 3.32. The molecule has 0 aliphatic heterocycles. The molecule has 0 fully saturated rings. The van der Waals surface area contributed by atoms with E-state index in [4.69, 9.17) is 18.0 Å². The molecule has 2 aromatic rings. The van der Waals surface area contributed by atoms with Crippen molar-refractivity contribution in [1.29, 1.82) is 0 Å². The maximum Gasteiger partial charge on any atom is 0.104 e. The molecule has 98 valence electrons. The highest BCUT2D eigenvalue weighted by Crippen LogP contribution is 2.21. The van der Waals surface area contributed by atoms with E-state index in [1.165, 1.54) is 5.56 Å². The first-order valence-corrected chi connectivity index (χ1v) is 6.77. The van der Waals surface area contributed by atoms with Gasteiger partial charge in [0.15, 0.2) is 0 Å². The summed E-state index contributed by atoms with van der Waals surface area (Å²) >= 11 is 5.01. The Kier molecular flexibility index (Phi) is 4.17. The van der Waals surface area contributed by atoms with E-state index in [9.17, 15) is 0 Å². The standard InChI is InChI=1S/C16H18N2S/c1-3-12-5-4-6-13(10-12)18-14-7-8-15(16(17)19)11(2)9-14/h4-10,18H,3H2,1-2H3,(H2,17,19). The lowest BCUT2D eigenvalue weighted by atomic mass is 10.1. The maximum absolute atomic E-state index is 5.67. The van der Waals surface area contributed by atoms with Crippen LogP contribution in [-0.2, 0) is 6.42 Å². The van der Waals surface area contributed by atoms with E-state index in [1.54, 1.807) is 0 Å². The highest BCUT2D eigenvalue weighted by molar-refractivity contribution is 7.80. The van der Waals surface area contributed by atoms with E-state index in [0.717, 1.165) is 28.9 Å². The molecule has 0 spiro atoms. The molecule has 0 aromatic heterocycles. The second-order valence-corrected chi connectivity index (χ2v) is 5.01. The van der Waals surface area contributed by atoms with Gasteiger partial charge in [-0.25, -0.2) is 0 Å². The first-order valence-electron chi connectivity index (χ1n) is 6.36. The van der Waals surface area contributed by atoms with Crippen molar-refractivity contribution in [2.24, 2.45) is 5.73 Å². The normalized spacial score (nSPS) is 10.2. The van der Waals surface area contributed by atoms with Gasteiger partial charge < -0.3 is 11.1 Å². The quantitative estimate of drug-likeness (QED) is 0.827. The highest BCUT2D eigenvalue weighted by atomic mass is 32.1. The molecular formula is C16H18N2S. The van der Waals surface area contributed by atoms with Crippen LogP contribution in [0.15, 0.2) is 42.5 Å². The topological polar surface area (TPSA) is 38.0 Å². The monoisotopic (exact) mass is 270 g/mol. The molecule has 0 unspecified atom stereocenters. The molecule has 0 amide bonds. The van der Waals surface area contributed by atoms with E-state index < -0.39 is 0 Å². The predicted octanol–water partition coefficient (Wildman–Crippen LogP) is 3.94. The van der Waals surface area contributed by atoms with Gasteiger partial charge in [-0.1, -0.05) is 31.3 Å². The van der Waals surface area contributed by atoms with E-state index >= 15 is 0 Å². The molecule has 0 bridgehead atoms. The minimum absolute atomic E-state index is 0.442. The lowest BCUT2D eigenvalue weighted by Crippen LogP contribution is -2.11. The van der Waals surface area contributed by atoms with Crippen LogP contribution >= 0.6 is 12.2 Å². The van der Waals surface area contributed by atoms with Crippen LogP contribution in [0.3, 0.4) is 0 Å². The van der Waals surface area contributed by atoms with Gasteiger partial charge in [-0.2, -0.15) is 0 Å². The summed E-state index contributed by atoms with van der Waals surface area (Å²) in [5, 5.41) is 3.40. The van der Waals surface area contributed by atoms with Gasteiger partial charge in [-0.15, -0.1) is 0 Å². The summed E-state index contributed by atoms with van der Waals surface area (Å²) in [6.45, 7) is 4.17. The van der Waals surface area contributed by atoms with Crippen LogP contribution in [0.2, 0.25) is 0 Å². The van der Waals surface area contributed by atoms with Crippen LogP contribution in [0.1, 0.15) is 23.6 Å². The van der Waals surface area contributed by atoms with Gasteiger partial charge in [0, 0.05) is 16.9 Å². The molecule has 0 aliphatic carbocycles. The molecule has 3 N–H and O–H groups in total. The summed E-state index contributed by atoms with van der Waals surface area (Å²) in [7, 11) is 0. The van der Waals surface area contributed by atoms with Gasteiger partial charge in [0.1, 0.15) is 4.99 Å². The molecular weight excluding hydrogens is 252 g/mol. The Morgan fingerprint density at radius 3 is 2.53 bits per heavy atom. The Morgan fingerprint density at radius 1 is 1.16 bits per heavy atom. The largest absolute Gasteiger partial charge is 0.389 e. The van der Waals surface area contributed by atoms with Crippen LogP contribution in [0.5, 0.6) is 0 Å². The van der Waals surface area contributed by atoms with Gasteiger partial charge in [-0.3, -0.25) is 0 Å². The van der Waals surface area contributed by atoms with Crippen molar-refractivity contribution < 1.29 is 0 Å². The molecule has 2 rings (SSSR count). The van der Waals surface area contributed by atoms with Gasteiger partial charge in [0.05, 0.1) is 0 Å². The summed E-state index contributed by atoms with van der Waals surface area (Å²) < 4.78 is 0. The summed E-state index contributed by atoms with van der Waals surface area (Å²) in [5.74, 6) is 0. The van der Waals surface area contributed by atoms with E-state index in [1.807, 2.05) is 19.1 Å². The smallest absolute Gasteiger partial charge is 0.104 e. The fourth-order valence-electron chi connectivity index (χ4n) is 2.05.